The normalized spacial score (nSPS) is 16.4. The summed E-state index contributed by atoms with van der Waals surface area (Å²) >= 11 is 1.16. The van der Waals surface area contributed by atoms with Crippen LogP contribution in [0.4, 0.5) is 5.69 Å². The minimum atomic E-state index is -3.66. The molecule has 10 heteroatoms. The van der Waals surface area contributed by atoms with Gasteiger partial charge >= 0.3 is 5.97 Å². The van der Waals surface area contributed by atoms with Gasteiger partial charge in [0.15, 0.2) is 0 Å². The molecule has 1 aromatic rings. The summed E-state index contributed by atoms with van der Waals surface area (Å²) in [5, 5.41) is 2.23. The van der Waals surface area contributed by atoms with Gasteiger partial charge in [0, 0.05) is 18.8 Å². The van der Waals surface area contributed by atoms with Crippen LogP contribution >= 0.6 is 11.8 Å². The third-order valence-corrected chi connectivity index (χ3v) is 7.33. The van der Waals surface area contributed by atoms with Crippen LogP contribution in [-0.2, 0) is 29.1 Å². The number of morpholine rings is 1. The predicted octanol–water partition coefficient (Wildman–Crippen LogP) is 1.64. The molecule has 0 saturated carbocycles. The predicted molar refractivity (Wildman–Crippen MR) is 108 cm³/mol. The molecule has 1 saturated heterocycles. The number of nitrogens with zero attached hydrogens (tertiary/aromatic N) is 1. The van der Waals surface area contributed by atoms with Crippen LogP contribution in [0.3, 0.4) is 0 Å². The van der Waals surface area contributed by atoms with Crippen molar-refractivity contribution >= 4 is 39.3 Å². The Morgan fingerprint density at radius 1 is 1.32 bits per heavy atom. The molecule has 156 valence electrons. The second-order valence-corrected chi connectivity index (χ2v) is 9.48. The maximum atomic E-state index is 12.9. The molecule has 1 aliphatic rings. The van der Waals surface area contributed by atoms with Gasteiger partial charge in [0.25, 0.3) is 0 Å². The third-order valence-electron chi connectivity index (χ3n) is 4.17. The highest BCUT2D eigenvalue weighted by Gasteiger charge is 2.28. The minimum Gasteiger partial charge on any atom is -0.465 e. The summed E-state index contributed by atoms with van der Waals surface area (Å²) in [4.78, 5) is 24.0. The average Bonchev–Trinajstić information content (AvgIpc) is 2.68. The zero-order valence-electron chi connectivity index (χ0n) is 16.3. The minimum absolute atomic E-state index is 0.0764. The molecule has 28 heavy (non-hydrogen) atoms. The van der Waals surface area contributed by atoms with Gasteiger partial charge in [-0.2, -0.15) is 4.31 Å². The van der Waals surface area contributed by atoms with Gasteiger partial charge in [0.1, 0.15) is 0 Å². The number of thioether (sulfide) groups is 1. The van der Waals surface area contributed by atoms with Crippen LogP contribution in [0, 0.1) is 6.92 Å². The Balaban J connectivity index is 2.08. The van der Waals surface area contributed by atoms with Crippen LogP contribution in [0.5, 0.6) is 0 Å². The second-order valence-electron chi connectivity index (χ2n) is 6.24. The average molecular weight is 431 g/mol. The third kappa shape index (κ3) is 5.94. The van der Waals surface area contributed by atoms with Crippen LogP contribution < -0.4 is 5.32 Å². The molecule has 0 aromatic heterocycles. The number of carbonyl (C=O) groups is 2. The molecular weight excluding hydrogens is 404 g/mol. The van der Waals surface area contributed by atoms with Gasteiger partial charge in [-0.25, -0.2) is 8.42 Å². The molecule has 1 atom stereocenters. The molecule has 2 rings (SSSR count). The summed E-state index contributed by atoms with van der Waals surface area (Å²) in [7, 11) is -3.66. The van der Waals surface area contributed by atoms with Crippen molar-refractivity contribution in [2.45, 2.75) is 30.9 Å². The molecule has 1 aliphatic heterocycles. The Hall–Kier alpha value is -1.62. The number of sulfonamides is 1. The lowest BCUT2D eigenvalue weighted by molar-refractivity contribution is -0.139. The number of hydrogen-bond acceptors (Lipinski definition) is 7. The lowest BCUT2D eigenvalue weighted by atomic mass is 10.2. The van der Waals surface area contributed by atoms with Crippen molar-refractivity contribution in [2.24, 2.45) is 0 Å². The molecule has 0 bridgehead atoms. The van der Waals surface area contributed by atoms with Crippen molar-refractivity contribution < 1.29 is 27.5 Å². The van der Waals surface area contributed by atoms with Crippen molar-refractivity contribution in [1.82, 2.24) is 4.31 Å². The first kappa shape index (κ1) is 22.7. The van der Waals surface area contributed by atoms with Gasteiger partial charge in [-0.05, 0) is 38.5 Å². The first-order valence-electron chi connectivity index (χ1n) is 9.02. The molecule has 1 N–H and O–H groups in total. The van der Waals surface area contributed by atoms with Crippen molar-refractivity contribution in [3.8, 4) is 0 Å². The van der Waals surface area contributed by atoms with E-state index in [0.717, 1.165) is 11.8 Å². The highest BCUT2D eigenvalue weighted by molar-refractivity contribution is 8.01. The van der Waals surface area contributed by atoms with Gasteiger partial charge < -0.3 is 14.8 Å². The molecular formula is C18H26N2O6S2. The molecule has 1 aromatic carbocycles. The maximum Gasteiger partial charge on any atom is 0.315 e. The van der Waals surface area contributed by atoms with E-state index in [0.29, 0.717) is 44.2 Å². The fourth-order valence-electron chi connectivity index (χ4n) is 2.60. The number of benzene rings is 1. The standard InChI is InChI=1S/C18H26N2O6S2/c1-4-26-17(21)12-27-14(3)18(22)19-15-6-5-13(2)16(11-15)28(23,24)20-7-9-25-10-8-20/h5-6,11,14H,4,7-10,12H2,1-3H3,(H,19,22). The van der Waals surface area contributed by atoms with E-state index in [1.54, 1.807) is 32.9 Å². The number of amides is 1. The number of esters is 1. The Morgan fingerprint density at radius 2 is 2.00 bits per heavy atom. The lowest BCUT2D eigenvalue weighted by Gasteiger charge is -2.27. The van der Waals surface area contributed by atoms with E-state index in [1.165, 1.54) is 10.4 Å². The molecule has 8 nitrogen and oxygen atoms in total. The lowest BCUT2D eigenvalue weighted by Crippen LogP contribution is -2.40. The fraction of sp³-hybridized carbons (Fsp3) is 0.556. The molecule has 1 amide bonds. The molecule has 0 spiro atoms. The number of hydrogen-bond donors (Lipinski definition) is 1. The van der Waals surface area contributed by atoms with Gasteiger partial charge in [-0.1, -0.05) is 6.07 Å². The van der Waals surface area contributed by atoms with Gasteiger partial charge in [-0.15, -0.1) is 11.8 Å². The van der Waals surface area contributed by atoms with Crippen molar-refractivity contribution in [2.75, 3.05) is 44.0 Å². The smallest absolute Gasteiger partial charge is 0.315 e. The monoisotopic (exact) mass is 430 g/mol. The second kappa shape index (κ2) is 10.2. The number of anilines is 1. The van der Waals surface area contributed by atoms with Crippen LogP contribution in [0.25, 0.3) is 0 Å². The molecule has 1 heterocycles. The Kier molecular flexibility index (Phi) is 8.29. The number of ether oxygens (including phenoxy) is 2. The van der Waals surface area contributed by atoms with Crippen LogP contribution in [0.2, 0.25) is 0 Å². The van der Waals surface area contributed by atoms with E-state index >= 15 is 0 Å². The Bertz CT molecular complexity index is 806. The Labute approximate surface area is 170 Å². The van der Waals surface area contributed by atoms with E-state index in [2.05, 4.69) is 5.32 Å². The van der Waals surface area contributed by atoms with Gasteiger partial charge in [0.05, 0.1) is 35.7 Å². The number of nitrogens with one attached hydrogen (secondary N) is 1. The van der Waals surface area contributed by atoms with Crippen LogP contribution in [0.1, 0.15) is 19.4 Å². The first-order valence-corrected chi connectivity index (χ1v) is 11.5. The summed E-state index contributed by atoms with van der Waals surface area (Å²) in [6, 6.07) is 4.80. The van der Waals surface area contributed by atoms with Crippen molar-refractivity contribution in [3.63, 3.8) is 0 Å². The topological polar surface area (TPSA) is 102 Å². The first-order chi connectivity index (χ1) is 13.3. The molecule has 1 fully saturated rings. The molecule has 0 aliphatic carbocycles. The summed E-state index contributed by atoms with van der Waals surface area (Å²) in [6.07, 6.45) is 0. The summed E-state index contributed by atoms with van der Waals surface area (Å²) < 4.78 is 37.3. The van der Waals surface area contributed by atoms with Crippen LogP contribution in [-0.4, -0.2) is 68.5 Å². The highest BCUT2D eigenvalue weighted by Crippen LogP contribution is 2.25. The summed E-state index contributed by atoms with van der Waals surface area (Å²) in [6.45, 7) is 6.76. The highest BCUT2D eigenvalue weighted by atomic mass is 32.2. The quantitative estimate of drug-likeness (QED) is 0.626. The fourth-order valence-corrected chi connectivity index (χ4v) is 4.94. The van der Waals surface area contributed by atoms with E-state index in [9.17, 15) is 18.0 Å². The van der Waals surface area contributed by atoms with E-state index in [4.69, 9.17) is 9.47 Å². The zero-order valence-corrected chi connectivity index (χ0v) is 17.9. The number of aryl methyl sites for hydroxylation is 1. The van der Waals surface area contributed by atoms with Crippen molar-refractivity contribution in [3.05, 3.63) is 23.8 Å². The zero-order chi connectivity index (χ0) is 20.7. The number of rotatable bonds is 8. The van der Waals surface area contributed by atoms with E-state index in [1.807, 2.05) is 0 Å². The van der Waals surface area contributed by atoms with Gasteiger partial charge in [0.2, 0.25) is 15.9 Å². The SMILES string of the molecule is CCOC(=O)CSC(C)C(=O)Nc1ccc(C)c(S(=O)(=O)N2CCOCC2)c1. The summed E-state index contributed by atoms with van der Waals surface area (Å²) in [5.41, 5.74) is 1.00. The summed E-state index contributed by atoms with van der Waals surface area (Å²) in [5.74, 6) is -0.610. The van der Waals surface area contributed by atoms with Gasteiger partial charge in [-0.3, -0.25) is 9.59 Å². The van der Waals surface area contributed by atoms with E-state index < -0.39 is 15.3 Å². The van der Waals surface area contributed by atoms with Crippen LogP contribution in [0.15, 0.2) is 23.1 Å². The largest absolute Gasteiger partial charge is 0.465 e. The Morgan fingerprint density at radius 3 is 2.64 bits per heavy atom. The molecule has 1 unspecified atom stereocenters. The van der Waals surface area contributed by atoms with E-state index in [-0.39, 0.29) is 22.5 Å². The maximum absolute atomic E-state index is 12.9. The molecule has 0 radical (unpaired) electrons. The number of carbonyl (C=O) groups excluding carboxylic acids is 2. The van der Waals surface area contributed by atoms with Crippen molar-refractivity contribution in [1.29, 1.82) is 0 Å².